The first-order chi connectivity index (χ1) is 20.2. The van der Waals surface area contributed by atoms with Gasteiger partial charge in [-0.05, 0) is 29.7 Å². The van der Waals surface area contributed by atoms with Crippen LogP contribution in [0, 0.1) is 17.8 Å². The molecule has 13 nitrogen and oxygen atoms in total. The summed E-state index contributed by atoms with van der Waals surface area (Å²) >= 11 is 0. The molecular weight excluding hydrogens is 556 g/mol. The van der Waals surface area contributed by atoms with Crippen LogP contribution in [-0.2, 0) is 35.2 Å². The zero-order valence-corrected chi connectivity index (χ0v) is 25.9. The molecule has 1 rings (SSSR count). The van der Waals surface area contributed by atoms with Crippen molar-refractivity contribution in [1.82, 2.24) is 26.6 Å². The zero-order chi connectivity index (χ0) is 32.7. The fraction of sp³-hybridized carbons (Fsp3) is 0.600. The van der Waals surface area contributed by atoms with E-state index >= 15 is 0 Å². The predicted octanol–water partition coefficient (Wildman–Crippen LogP) is 0.0760. The molecule has 0 aliphatic carbocycles. The van der Waals surface area contributed by atoms with Crippen molar-refractivity contribution in [3.8, 4) is 0 Å². The molecule has 5 atom stereocenters. The van der Waals surface area contributed by atoms with Gasteiger partial charge in [0, 0.05) is 6.42 Å². The van der Waals surface area contributed by atoms with Crippen molar-refractivity contribution < 1.29 is 33.9 Å². The summed E-state index contributed by atoms with van der Waals surface area (Å²) in [4.78, 5) is 74.9. The number of carboxylic acids is 1. The van der Waals surface area contributed by atoms with Crippen LogP contribution < -0.4 is 32.3 Å². The van der Waals surface area contributed by atoms with E-state index in [1.807, 2.05) is 58.0 Å². The standard InChI is InChI=1S/C30H48N6O7/c1-7-19(6)25(31)29(41)35-22(14-20-11-9-8-10-12-20)28(40)34-21(13-17(2)3)27(39)33-15-23(37)32-16-24(38)36-26(18(4)5)30(42)43/h8-12,17-19,21-22,25-26H,7,13-16,31H2,1-6H3,(H,32,37)(H,33,39)(H,34,40)(H,35,41)(H,36,38)(H,42,43)/t19-,21-,22-,25-,26-/m0/s1. The second kappa shape index (κ2) is 18.5. The number of carbonyl (C=O) groups is 6. The van der Waals surface area contributed by atoms with Gasteiger partial charge in [0.1, 0.15) is 18.1 Å². The predicted molar refractivity (Wildman–Crippen MR) is 161 cm³/mol. The molecule has 0 unspecified atom stereocenters. The van der Waals surface area contributed by atoms with Gasteiger partial charge in [-0.3, -0.25) is 24.0 Å². The van der Waals surface area contributed by atoms with Crippen LogP contribution in [0.2, 0.25) is 0 Å². The second-order valence-corrected chi connectivity index (χ2v) is 11.5. The quantitative estimate of drug-likeness (QED) is 0.122. The van der Waals surface area contributed by atoms with Gasteiger partial charge in [-0.1, -0.05) is 78.3 Å². The molecule has 43 heavy (non-hydrogen) atoms. The third-order valence-electron chi connectivity index (χ3n) is 6.93. The summed E-state index contributed by atoms with van der Waals surface area (Å²) in [7, 11) is 0. The highest BCUT2D eigenvalue weighted by Crippen LogP contribution is 2.10. The molecule has 0 bridgehead atoms. The minimum atomic E-state index is -1.19. The number of benzene rings is 1. The van der Waals surface area contributed by atoms with Gasteiger partial charge in [0.25, 0.3) is 0 Å². The summed E-state index contributed by atoms with van der Waals surface area (Å²) < 4.78 is 0. The Morgan fingerprint density at radius 2 is 1.35 bits per heavy atom. The second-order valence-electron chi connectivity index (χ2n) is 11.5. The van der Waals surface area contributed by atoms with Gasteiger partial charge in [0.05, 0.1) is 19.1 Å². The molecule has 0 spiro atoms. The van der Waals surface area contributed by atoms with E-state index in [-0.39, 0.29) is 30.6 Å². The summed E-state index contributed by atoms with van der Waals surface area (Å²) in [5.74, 6) is -4.69. The number of carbonyl (C=O) groups excluding carboxylic acids is 5. The number of carboxylic acid groups (broad SMARTS) is 1. The summed E-state index contributed by atoms with van der Waals surface area (Å²) in [6.45, 7) is 9.83. The van der Waals surface area contributed by atoms with Crippen molar-refractivity contribution in [3.63, 3.8) is 0 Å². The average Bonchev–Trinajstić information content (AvgIpc) is 2.95. The van der Waals surface area contributed by atoms with Crippen molar-refractivity contribution in [2.75, 3.05) is 13.1 Å². The molecule has 13 heteroatoms. The highest BCUT2D eigenvalue weighted by atomic mass is 16.4. The molecule has 1 aromatic rings. The van der Waals surface area contributed by atoms with E-state index in [1.165, 1.54) is 0 Å². The van der Waals surface area contributed by atoms with E-state index < -0.39 is 72.8 Å². The maximum atomic E-state index is 13.4. The molecule has 0 saturated carbocycles. The van der Waals surface area contributed by atoms with Crippen molar-refractivity contribution in [3.05, 3.63) is 35.9 Å². The molecule has 1 aromatic carbocycles. The van der Waals surface area contributed by atoms with Crippen LogP contribution in [0.4, 0.5) is 0 Å². The molecule has 0 fully saturated rings. The van der Waals surface area contributed by atoms with Gasteiger partial charge in [-0.25, -0.2) is 4.79 Å². The minimum Gasteiger partial charge on any atom is -0.480 e. The Morgan fingerprint density at radius 1 is 0.767 bits per heavy atom. The van der Waals surface area contributed by atoms with Crippen LogP contribution in [0.5, 0.6) is 0 Å². The SMILES string of the molecule is CC[C@H](C)[C@H](N)C(=O)N[C@@H](Cc1ccccc1)C(=O)N[C@@H](CC(C)C)C(=O)NCC(=O)NCC(=O)N[C@H](C(=O)O)C(C)C. The van der Waals surface area contributed by atoms with E-state index in [9.17, 15) is 33.9 Å². The third kappa shape index (κ3) is 13.7. The van der Waals surface area contributed by atoms with E-state index in [1.54, 1.807) is 13.8 Å². The Labute approximate surface area is 253 Å². The maximum Gasteiger partial charge on any atom is 0.326 e. The topological polar surface area (TPSA) is 209 Å². The number of nitrogens with two attached hydrogens (primary N) is 1. The molecule has 0 saturated heterocycles. The fourth-order valence-electron chi connectivity index (χ4n) is 4.08. The molecule has 8 N–H and O–H groups in total. The summed E-state index contributed by atoms with van der Waals surface area (Å²) in [6.07, 6.45) is 1.11. The van der Waals surface area contributed by atoms with E-state index in [0.717, 1.165) is 5.56 Å². The monoisotopic (exact) mass is 604 g/mol. The van der Waals surface area contributed by atoms with Gasteiger partial charge in [-0.2, -0.15) is 0 Å². The lowest BCUT2D eigenvalue weighted by Gasteiger charge is -2.26. The average molecular weight is 605 g/mol. The Kier molecular flexibility index (Phi) is 15.9. The largest absolute Gasteiger partial charge is 0.480 e. The number of hydrogen-bond acceptors (Lipinski definition) is 7. The van der Waals surface area contributed by atoms with Gasteiger partial charge >= 0.3 is 5.97 Å². The number of nitrogens with one attached hydrogen (secondary N) is 5. The van der Waals surface area contributed by atoms with Crippen molar-refractivity contribution >= 4 is 35.5 Å². The zero-order valence-electron chi connectivity index (χ0n) is 25.9. The summed E-state index contributed by atoms with van der Waals surface area (Å²) in [6, 6.07) is 5.17. The van der Waals surface area contributed by atoms with E-state index in [2.05, 4.69) is 26.6 Å². The number of hydrogen-bond donors (Lipinski definition) is 7. The van der Waals surface area contributed by atoms with Crippen LogP contribution in [-0.4, -0.2) is 77.9 Å². The highest BCUT2D eigenvalue weighted by molar-refractivity contribution is 5.95. The molecule has 0 aliphatic rings. The van der Waals surface area contributed by atoms with Crippen molar-refractivity contribution in [2.24, 2.45) is 23.5 Å². The van der Waals surface area contributed by atoms with Crippen LogP contribution in [0.1, 0.15) is 59.9 Å². The van der Waals surface area contributed by atoms with Crippen molar-refractivity contribution in [1.29, 1.82) is 0 Å². The molecule has 0 heterocycles. The molecule has 0 aliphatic heterocycles. The maximum absolute atomic E-state index is 13.4. The van der Waals surface area contributed by atoms with Crippen molar-refractivity contribution in [2.45, 2.75) is 85.0 Å². The van der Waals surface area contributed by atoms with Gasteiger partial charge in [-0.15, -0.1) is 0 Å². The van der Waals surface area contributed by atoms with Gasteiger partial charge in [0.2, 0.25) is 29.5 Å². The lowest BCUT2D eigenvalue weighted by molar-refractivity contribution is -0.143. The molecule has 240 valence electrons. The third-order valence-corrected chi connectivity index (χ3v) is 6.93. The lowest BCUT2D eigenvalue weighted by Crippen LogP contribution is -2.57. The highest BCUT2D eigenvalue weighted by Gasteiger charge is 2.30. The van der Waals surface area contributed by atoms with Gasteiger partial charge < -0.3 is 37.4 Å². The first kappa shape index (κ1) is 37.0. The number of aliphatic carboxylic acids is 1. The first-order valence-electron chi connectivity index (χ1n) is 14.6. The van der Waals surface area contributed by atoms with Crippen LogP contribution >= 0.6 is 0 Å². The fourth-order valence-corrected chi connectivity index (χ4v) is 4.08. The molecular formula is C30H48N6O7. The Bertz CT molecular complexity index is 1100. The smallest absolute Gasteiger partial charge is 0.326 e. The van der Waals surface area contributed by atoms with Crippen LogP contribution in [0.25, 0.3) is 0 Å². The Hall–Kier alpha value is -4.00. The first-order valence-corrected chi connectivity index (χ1v) is 14.6. The summed E-state index contributed by atoms with van der Waals surface area (Å²) in [5, 5.41) is 21.8. The van der Waals surface area contributed by atoms with Crippen LogP contribution in [0.15, 0.2) is 30.3 Å². The summed E-state index contributed by atoms with van der Waals surface area (Å²) in [5.41, 5.74) is 6.89. The molecule has 0 radical (unpaired) electrons. The number of rotatable bonds is 18. The Balaban J connectivity index is 2.88. The van der Waals surface area contributed by atoms with E-state index in [4.69, 9.17) is 5.73 Å². The van der Waals surface area contributed by atoms with E-state index in [0.29, 0.717) is 6.42 Å². The van der Waals surface area contributed by atoms with Crippen LogP contribution in [0.3, 0.4) is 0 Å². The molecule has 0 aromatic heterocycles. The Morgan fingerprint density at radius 3 is 1.88 bits per heavy atom. The van der Waals surface area contributed by atoms with Gasteiger partial charge in [0.15, 0.2) is 0 Å². The number of amides is 5. The minimum absolute atomic E-state index is 0.00213. The molecule has 5 amide bonds. The lowest BCUT2D eigenvalue weighted by atomic mass is 9.98. The normalized spacial score (nSPS) is 14.5.